The second-order valence-electron chi connectivity index (χ2n) is 7.74. The number of carboxylic acid groups (broad SMARTS) is 1. The van der Waals surface area contributed by atoms with E-state index in [0.717, 1.165) is 18.8 Å². The van der Waals surface area contributed by atoms with Crippen LogP contribution in [-0.4, -0.2) is 23.0 Å². The lowest BCUT2D eigenvalue weighted by molar-refractivity contribution is -0.143. The smallest absolute Gasteiger partial charge is 0.326 e. The predicted molar refractivity (Wildman–Crippen MR) is 100 cm³/mol. The molecule has 0 heterocycles. The van der Waals surface area contributed by atoms with Gasteiger partial charge >= 0.3 is 5.97 Å². The summed E-state index contributed by atoms with van der Waals surface area (Å²) in [5, 5.41) is 11.7. The van der Waals surface area contributed by atoms with Crippen molar-refractivity contribution in [2.24, 2.45) is 11.8 Å². The van der Waals surface area contributed by atoms with E-state index in [1.807, 2.05) is 13.8 Å². The van der Waals surface area contributed by atoms with E-state index in [1.54, 1.807) is 0 Å². The van der Waals surface area contributed by atoms with Gasteiger partial charge in [0.25, 0.3) is 0 Å². The first-order valence-corrected chi connectivity index (χ1v) is 9.86. The normalized spacial score (nSPS) is 12.6. The molecule has 4 nitrogen and oxygen atoms in total. The van der Waals surface area contributed by atoms with Crippen LogP contribution >= 0.6 is 0 Å². The molecule has 0 bridgehead atoms. The largest absolute Gasteiger partial charge is 0.480 e. The molecular formula is C20H39NO3. The number of rotatable bonds is 15. The van der Waals surface area contributed by atoms with Gasteiger partial charge in [-0.3, -0.25) is 4.79 Å². The van der Waals surface area contributed by atoms with E-state index < -0.39 is 12.0 Å². The Morgan fingerprint density at radius 3 is 1.67 bits per heavy atom. The molecule has 4 heteroatoms. The highest BCUT2D eigenvalue weighted by Gasteiger charge is 2.22. The van der Waals surface area contributed by atoms with Crippen molar-refractivity contribution in [3.8, 4) is 0 Å². The highest BCUT2D eigenvalue weighted by Crippen LogP contribution is 2.13. The van der Waals surface area contributed by atoms with Gasteiger partial charge in [0.2, 0.25) is 5.91 Å². The van der Waals surface area contributed by atoms with Crippen molar-refractivity contribution >= 4 is 11.9 Å². The van der Waals surface area contributed by atoms with Gasteiger partial charge in [0, 0.05) is 6.42 Å². The Morgan fingerprint density at radius 1 is 0.792 bits per heavy atom. The molecule has 0 radical (unpaired) electrons. The molecule has 0 aliphatic rings. The Bertz CT molecular complexity index is 340. The molecule has 0 saturated carbocycles. The summed E-state index contributed by atoms with van der Waals surface area (Å²) >= 11 is 0. The van der Waals surface area contributed by atoms with E-state index in [-0.39, 0.29) is 11.8 Å². The molecule has 2 N–H and O–H groups in total. The number of hydrogen-bond acceptors (Lipinski definition) is 2. The Kier molecular flexibility index (Phi) is 13.7. The van der Waals surface area contributed by atoms with E-state index >= 15 is 0 Å². The lowest BCUT2D eigenvalue weighted by Gasteiger charge is -2.17. The van der Waals surface area contributed by atoms with Gasteiger partial charge in [-0.25, -0.2) is 4.79 Å². The highest BCUT2D eigenvalue weighted by atomic mass is 16.4. The minimum Gasteiger partial charge on any atom is -0.480 e. The summed E-state index contributed by atoms with van der Waals surface area (Å²) in [5.41, 5.74) is 0. The Labute approximate surface area is 148 Å². The summed E-state index contributed by atoms with van der Waals surface area (Å²) in [6.07, 6.45) is 12.8. The second-order valence-corrected chi connectivity index (χ2v) is 7.74. The average Bonchev–Trinajstić information content (AvgIpc) is 2.49. The first kappa shape index (κ1) is 22.9. The molecule has 0 aliphatic carbocycles. The van der Waals surface area contributed by atoms with Crippen molar-refractivity contribution in [3.05, 3.63) is 0 Å². The van der Waals surface area contributed by atoms with E-state index in [1.165, 1.54) is 51.4 Å². The molecule has 0 rings (SSSR count). The molecule has 0 aliphatic heterocycles. The molecule has 1 atom stereocenters. The number of carboxylic acids is 1. The Morgan fingerprint density at radius 2 is 1.25 bits per heavy atom. The van der Waals surface area contributed by atoms with Gasteiger partial charge in [0.15, 0.2) is 0 Å². The molecule has 0 aromatic carbocycles. The fraction of sp³-hybridized carbons (Fsp3) is 0.900. The van der Waals surface area contributed by atoms with Crippen LogP contribution in [0.2, 0.25) is 0 Å². The third-order valence-electron chi connectivity index (χ3n) is 4.43. The third kappa shape index (κ3) is 13.4. The summed E-state index contributed by atoms with van der Waals surface area (Å²) in [7, 11) is 0. The molecule has 0 spiro atoms. The number of amides is 1. The standard InChI is InChI=1S/C20H39NO3/c1-16(2)14-12-10-8-6-5-7-9-11-13-15-18(22)21-19(17(3)4)20(23)24/h16-17,19H,5-15H2,1-4H3,(H,21,22)(H,23,24)/t19-/m0/s1. The van der Waals surface area contributed by atoms with Crippen LogP contribution < -0.4 is 5.32 Å². The summed E-state index contributed by atoms with van der Waals surface area (Å²) in [6, 6.07) is -0.770. The number of unbranched alkanes of at least 4 members (excludes halogenated alkanes) is 8. The average molecular weight is 342 g/mol. The van der Waals surface area contributed by atoms with Crippen LogP contribution in [0.4, 0.5) is 0 Å². The van der Waals surface area contributed by atoms with Crippen molar-refractivity contribution in [1.29, 1.82) is 0 Å². The van der Waals surface area contributed by atoms with E-state index in [0.29, 0.717) is 6.42 Å². The Balaban J connectivity index is 3.47. The molecule has 0 saturated heterocycles. The molecule has 0 unspecified atom stereocenters. The van der Waals surface area contributed by atoms with Crippen LogP contribution in [0.5, 0.6) is 0 Å². The lowest BCUT2D eigenvalue weighted by atomic mass is 10.0. The van der Waals surface area contributed by atoms with Crippen molar-refractivity contribution in [2.45, 2.75) is 104 Å². The van der Waals surface area contributed by atoms with Gasteiger partial charge in [0.05, 0.1) is 0 Å². The van der Waals surface area contributed by atoms with E-state index in [2.05, 4.69) is 19.2 Å². The SMILES string of the molecule is CC(C)CCCCCCCCCCCC(=O)N[C@H](C(=O)O)C(C)C. The third-order valence-corrected chi connectivity index (χ3v) is 4.43. The maximum atomic E-state index is 11.8. The quantitative estimate of drug-likeness (QED) is 0.404. The maximum absolute atomic E-state index is 11.8. The monoisotopic (exact) mass is 341 g/mol. The lowest BCUT2D eigenvalue weighted by Crippen LogP contribution is -2.44. The molecule has 24 heavy (non-hydrogen) atoms. The zero-order valence-corrected chi connectivity index (χ0v) is 16.3. The van der Waals surface area contributed by atoms with Gasteiger partial charge in [-0.15, -0.1) is 0 Å². The van der Waals surface area contributed by atoms with Crippen LogP contribution in [-0.2, 0) is 9.59 Å². The summed E-state index contributed by atoms with van der Waals surface area (Å²) in [6.45, 7) is 8.18. The molecule has 0 fully saturated rings. The predicted octanol–water partition coefficient (Wildman–Crippen LogP) is 5.16. The van der Waals surface area contributed by atoms with Gasteiger partial charge < -0.3 is 10.4 Å². The first-order valence-electron chi connectivity index (χ1n) is 9.86. The second kappa shape index (κ2) is 14.3. The van der Waals surface area contributed by atoms with Crippen LogP contribution in [0.1, 0.15) is 98.3 Å². The first-order chi connectivity index (χ1) is 11.3. The number of carbonyl (C=O) groups excluding carboxylic acids is 1. The summed E-state index contributed by atoms with van der Waals surface area (Å²) in [4.78, 5) is 22.8. The molecular weight excluding hydrogens is 302 g/mol. The molecule has 0 aromatic heterocycles. The summed E-state index contributed by atoms with van der Waals surface area (Å²) in [5.74, 6) is -0.353. The minimum absolute atomic E-state index is 0.0908. The van der Waals surface area contributed by atoms with Gasteiger partial charge in [-0.2, -0.15) is 0 Å². The van der Waals surface area contributed by atoms with Gasteiger partial charge in [0.1, 0.15) is 6.04 Å². The number of aliphatic carboxylic acids is 1. The molecule has 142 valence electrons. The van der Waals surface area contributed by atoms with Crippen molar-refractivity contribution in [1.82, 2.24) is 5.32 Å². The van der Waals surface area contributed by atoms with Crippen LogP contribution in [0.3, 0.4) is 0 Å². The topological polar surface area (TPSA) is 66.4 Å². The fourth-order valence-corrected chi connectivity index (χ4v) is 2.83. The van der Waals surface area contributed by atoms with Crippen molar-refractivity contribution in [2.75, 3.05) is 0 Å². The highest BCUT2D eigenvalue weighted by molar-refractivity contribution is 5.83. The molecule has 1 amide bonds. The zero-order valence-electron chi connectivity index (χ0n) is 16.3. The number of hydrogen-bond donors (Lipinski definition) is 2. The Hall–Kier alpha value is -1.06. The fourth-order valence-electron chi connectivity index (χ4n) is 2.83. The zero-order chi connectivity index (χ0) is 18.4. The molecule has 0 aromatic rings. The maximum Gasteiger partial charge on any atom is 0.326 e. The van der Waals surface area contributed by atoms with Crippen molar-refractivity contribution < 1.29 is 14.7 Å². The summed E-state index contributed by atoms with van der Waals surface area (Å²) < 4.78 is 0. The number of carbonyl (C=O) groups is 2. The van der Waals surface area contributed by atoms with Crippen LogP contribution in [0.25, 0.3) is 0 Å². The van der Waals surface area contributed by atoms with Crippen LogP contribution in [0.15, 0.2) is 0 Å². The number of nitrogens with one attached hydrogen (secondary N) is 1. The van der Waals surface area contributed by atoms with E-state index in [9.17, 15) is 9.59 Å². The minimum atomic E-state index is -0.952. The van der Waals surface area contributed by atoms with Gasteiger partial charge in [-0.1, -0.05) is 85.5 Å². The van der Waals surface area contributed by atoms with Crippen LogP contribution in [0, 0.1) is 11.8 Å². The van der Waals surface area contributed by atoms with E-state index in [4.69, 9.17) is 5.11 Å². The van der Waals surface area contributed by atoms with Crippen molar-refractivity contribution in [3.63, 3.8) is 0 Å². The van der Waals surface area contributed by atoms with Gasteiger partial charge in [-0.05, 0) is 18.3 Å².